The van der Waals surface area contributed by atoms with Crippen molar-refractivity contribution in [3.05, 3.63) is 63.7 Å². The fourth-order valence-electron chi connectivity index (χ4n) is 2.97. The molecule has 0 aliphatic carbocycles. The van der Waals surface area contributed by atoms with Crippen molar-refractivity contribution >= 4 is 17.5 Å². The van der Waals surface area contributed by atoms with E-state index in [0.717, 1.165) is 11.1 Å². The molecule has 5 heteroatoms. The SMILES string of the molecule is COc1ccccc1CN1C(=O)c2c(ccc(Cl)c2C)C1C#N. The number of nitriles is 1. The molecule has 23 heavy (non-hydrogen) atoms. The highest BCUT2D eigenvalue weighted by atomic mass is 35.5. The first kappa shape index (κ1) is 15.4. The number of ether oxygens (including phenoxy) is 1. The van der Waals surface area contributed by atoms with Crippen molar-refractivity contribution in [3.8, 4) is 11.8 Å². The molecule has 0 saturated carbocycles. The van der Waals surface area contributed by atoms with Crippen molar-refractivity contribution < 1.29 is 9.53 Å². The molecule has 2 aromatic rings. The predicted molar refractivity (Wildman–Crippen MR) is 87.4 cm³/mol. The second-order valence-corrected chi connectivity index (χ2v) is 5.82. The van der Waals surface area contributed by atoms with Crippen LogP contribution in [-0.2, 0) is 6.54 Å². The van der Waals surface area contributed by atoms with Gasteiger partial charge in [-0.05, 0) is 24.6 Å². The lowest BCUT2D eigenvalue weighted by Crippen LogP contribution is -2.27. The van der Waals surface area contributed by atoms with Crippen LogP contribution in [0.1, 0.15) is 33.1 Å². The maximum Gasteiger partial charge on any atom is 0.256 e. The van der Waals surface area contributed by atoms with Crippen molar-refractivity contribution in [2.45, 2.75) is 19.5 Å². The average Bonchev–Trinajstić information content (AvgIpc) is 2.84. The molecule has 116 valence electrons. The minimum absolute atomic E-state index is 0.169. The summed E-state index contributed by atoms with van der Waals surface area (Å²) in [5.41, 5.74) is 2.84. The molecule has 0 spiro atoms. The number of methoxy groups -OCH3 is 1. The van der Waals surface area contributed by atoms with Gasteiger partial charge in [-0.3, -0.25) is 4.79 Å². The molecule has 0 radical (unpaired) electrons. The summed E-state index contributed by atoms with van der Waals surface area (Å²) in [6, 6.07) is 12.6. The summed E-state index contributed by atoms with van der Waals surface area (Å²) in [6.45, 7) is 2.12. The number of hydrogen-bond acceptors (Lipinski definition) is 3. The van der Waals surface area contributed by atoms with Gasteiger partial charge in [0.1, 0.15) is 11.8 Å². The summed E-state index contributed by atoms with van der Waals surface area (Å²) >= 11 is 6.13. The van der Waals surface area contributed by atoms with Crippen LogP contribution in [-0.4, -0.2) is 17.9 Å². The minimum atomic E-state index is -0.613. The monoisotopic (exact) mass is 326 g/mol. The Balaban J connectivity index is 2.03. The van der Waals surface area contributed by atoms with E-state index in [1.165, 1.54) is 0 Å². The number of rotatable bonds is 3. The van der Waals surface area contributed by atoms with E-state index in [9.17, 15) is 10.1 Å². The van der Waals surface area contributed by atoms with Crippen molar-refractivity contribution in [3.63, 3.8) is 0 Å². The number of benzene rings is 2. The molecule has 0 N–H and O–H groups in total. The molecular weight excluding hydrogens is 312 g/mol. The fraction of sp³-hybridized carbons (Fsp3) is 0.222. The fourth-order valence-corrected chi connectivity index (χ4v) is 3.12. The highest BCUT2D eigenvalue weighted by Gasteiger charge is 2.38. The zero-order valence-electron chi connectivity index (χ0n) is 12.8. The quantitative estimate of drug-likeness (QED) is 0.860. The molecule has 1 aliphatic heterocycles. The maximum absolute atomic E-state index is 12.8. The van der Waals surface area contributed by atoms with Crippen molar-refractivity contribution in [1.82, 2.24) is 4.90 Å². The normalized spacial score (nSPS) is 16.2. The first-order valence-corrected chi connectivity index (χ1v) is 7.57. The van der Waals surface area contributed by atoms with Crippen molar-refractivity contribution in [2.24, 2.45) is 0 Å². The Morgan fingerprint density at radius 1 is 1.30 bits per heavy atom. The van der Waals surface area contributed by atoms with Crippen LogP contribution in [0.15, 0.2) is 36.4 Å². The smallest absolute Gasteiger partial charge is 0.256 e. The second-order valence-electron chi connectivity index (χ2n) is 5.41. The molecule has 3 rings (SSSR count). The van der Waals surface area contributed by atoms with Crippen LogP contribution in [0.5, 0.6) is 5.75 Å². The van der Waals surface area contributed by atoms with Gasteiger partial charge in [-0.1, -0.05) is 35.9 Å². The van der Waals surface area contributed by atoms with Crippen LogP contribution in [0.4, 0.5) is 0 Å². The van der Waals surface area contributed by atoms with E-state index >= 15 is 0 Å². The van der Waals surface area contributed by atoms with E-state index in [1.807, 2.05) is 24.3 Å². The molecule has 2 aromatic carbocycles. The molecular formula is C18H15ClN2O2. The largest absolute Gasteiger partial charge is 0.496 e. The topological polar surface area (TPSA) is 53.3 Å². The number of fused-ring (bicyclic) bond motifs is 1. The van der Waals surface area contributed by atoms with Gasteiger partial charge in [0.15, 0.2) is 0 Å². The molecule has 1 aliphatic rings. The molecule has 0 bridgehead atoms. The average molecular weight is 327 g/mol. The Bertz CT molecular complexity index is 826. The third-order valence-electron chi connectivity index (χ3n) is 4.17. The first-order chi connectivity index (χ1) is 11.1. The summed E-state index contributed by atoms with van der Waals surface area (Å²) in [4.78, 5) is 14.4. The number of para-hydroxylation sites is 1. The molecule has 1 unspecified atom stereocenters. The van der Waals surface area contributed by atoms with Gasteiger partial charge in [0.05, 0.1) is 25.3 Å². The second kappa shape index (κ2) is 5.94. The zero-order valence-corrected chi connectivity index (χ0v) is 13.6. The summed E-state index contributed by atoms with van der Waals surface area (Å²) in [7, 11) is 1.59. The highest BCUT2D eigenvalue weighted by molar-refractivity contribution is 6.32. The van der Waals surface area contributed by atoms with Gasteiger partial charge in [-0.2, -0.15) is 5.26 Å². The van der Waals surface area contributed by atoms with Gasteiger partial charge < -0.3 is 9.64 Å². The van der Waals surface area contributed by atoms with Crippen LogP contribution in [0, 0.1) is 18.3 Å². The first-order valence-electron chi connectivity index (χ1n) is 7.20. The highest BCUT2D eigenvalue weighted by Crippen LogP contribution is 2.39. The molecule has 0 saturated heterocycles. The number of amides is 1. The molecule has 1 atom stereocenters. The standard InChI is InChI=1S/C18H15ClN2O2/c1-11-14(19)8-7-13-15(9-20)21(18(22)17(11)13)10-12-5-3-4-6-16(12)23-2/h3-8,15H,10H2,1-2H3. The third kappa shape index (κ3) is 2.43. The van der Waals surface area contributed by atoms with Gasteiger partial charge in [0.2, 0.25) is 0 Å². The van der Waals surface area contributed by atoms with Gasteiger partial charge in [-0.15, -0.1) is 0 Å². The number of halogens is 1. The van der Waals surface area contributed by atoms with Gasteiger partial charge >= 0.3 is 0 Å². The lowest BCUT2D eigenvalue weighted by molar-refractivity contribution is 0.0743. The third-order valence-corrected chi connectivity index (χ3v) is 4.58. The zero-order chi connectivity index (χ0) is 16.6. The minimum Gasteiger partial charge on any atom is -0.496 e. The summed E-state index contributed by atoms with van der Waals surface area (Å²) < 4.78 is 5.34. The molecule has 1 heterocycles. The molecule has 1 amide bonds. The number of hydrogen-bond donors (Lipinski definition) is 0. The van der Waals surface area contributed by atoms with Crippen LogP contribution in [0.2, 0.25) is 5.02 Å². The Hall–Kier alpha value is -2.51. The number of carbonyl (C=O) groups is 1. The summed E-state index contributed by atoms with van der Waals surface area (Å²) in [5, 5.41) is 10.1. The Labute approximate surface area is 139 Å². The van der Waals surface area contributed by atoms with Crippen LogP contribution < -0.4 is 4.74 Å². The van der Waals surface area contributed by atoms with E-state index in [1.54, 1.807) is 31.1 Å². The summed E-state index contributed by atoms with van der Waals surface area (Å²) in [6.07, 6.45) is 0. The van der Waals surface area contributed by atoms with Crippen LogP contribution in [0.25, 0.3) is 0 Å². The lowest BCUT2D eigenvalue weighted by atomic mass is 10.0. The van der Waals surface area contributed by atoms with E-state index in [4.69, 9.17) is 16.3 Å². The van der Waals surface area contributed by atoms with Gasteiger partial charge in [-0.25, -0.2) is 0 Å². The summed E-state index contributed by atoms with van der Waals surface area (Å²) in [5.74, 6) is 0.528. The van der Waals surface area contributed by atoms with Crippen LogP contribution in [0.3, 0.4) is 0 Å². The van der Waals surface area contributed by atoms with E-state index in [0.29, 0.717) is 28.4 Å². The van der Waals surface area contributed by atoms with E-state index in [-0.39, 0.29) is 5.91 Å². The Morgan fingerprint density at radius 3 is 2.74 bits per heavy atom. The Morgan fingerprint density at radius 2 is 2.04 bits per heavy atom. The lowest BCUT2D eigenvalue weighted by Gasteiger charge is -2.21. The van der Waals surface area contributed by atoms with Crippen LogP contribution >= 0.6 is 11.6 Å². The van der Waals surface area contributed by atoms with E-state index < -0.39 is 6.04 Å². The van der Waals surface area contributed by atoms with Gasteiger partial charge in [0, 0.05) is 16.1 Å². The van der Waals surface area contributed by atoms with Gasteiger partial charge in [0.25, 0.3) is 5.91 Å². The predicted octanol–water partition coefficient (Wildman–Crippen LogP) is 3.88. The van der Waals surface area contributed by atoms with Crippen molar-refractivity contribution in [1.29, 1.82) is 5.26 Å². The van der Waals surface area contributed by atoms with Crippen molar-refractivity contribution in [2.75, 3.05) is 7.11 Å². The maximum atomic E-state index is 12.8. The molecule has 0 aromatic heterocycles. The Kier molecular flexibility index (Phi) is 3.97. The molecule has 4 nitrogen and oxygen atoms in total. The van der Waals surface area contributed by atoms with E-state index in [2.05, 4.69) is 6.07 Å². The number of nitrogens with zero attached hydrogens (tertiary/aromatic N) is 2. The molecule has 0 fully saturated rings. The number of carbonyl (C=O) groups excluding carboxylic acids is 1.